The number of hydrogen-bond acceptors (Lipinski definition) is 3. The molecule has 1 saturated heterocycles. The van der Waals surface area contributed by atoms with Crippen LogP contribution in [0.4, 0.5) is 0 Å². The molecule has 0 unspecified atom stereocenters. The minimum Gasteiger partial charge on any atom is -0.383 e. The zero-order chi connectivity index (χ0) is 12.7. The number of nitrogens with zero attached hydrogens (tertiary/aromatic N) is 1. The van der Waals surface area contributed by atoms with Gasteiger partial charge in [-0.3, -0.25) is 4.79 Å². The van der Waals surface area contributed by atoms with Crippen molar-refractivity contribution in [2.24, 2.45) is 0 Å². The first-order chi connectivity index (χ1) is 8.24. The zero-order valence-corrected chi connectivity index (χ0v) is 11.4. The number of ether oxygens (including phenoxy) is 1. The molecular weight excluding hydrogens is 216 g/mol. The standard InChI is InChI=1S/C13H26N2O2/c1-4-11(5-2)15(9-10-17-3)13(16)12-7-6-8-14-12/h11-12,14H,4-10H2,1-3H3/t12-/m0/s1. The van der Waals surface area contributed by atoms with E-state index >= 15 is 0 Å². The van der Waals surface area contributed by atoms with E-state index in [-0.39, 0.29) is 11.9 Å². The second kappa shape index (κ2) is 7.67. The average Bonchev–Trinajstić information content (AvgIpc) is 2.87. The topological polar surface area (TPSA) is 41.6 Å². The molecule has 0 aliphatic carbocycles. The number of methoxy groups -OCH3 is 1. The van der Waals surface area contributed by atoms with Crippen LogP contribution in [0.25, 0.3) is 0 Å². The SMILES string of the molecule is CCC(CC)N(CCOC)C(=O)[C@@H]1CCCN1. The predicted octanol–water partition coefficient (Wildman–Crippen LogP) is 1.40. The summed E-state index contributed by atoms with van der Waals surface area (Å²) < 4.78 is 5.11. The van der Waals surface area contributed by atoms with E-state index in [2.05, 4.69) is 19.2 Å². The highest BCUT2D eigenvalue weighted by Gasteiger charge is 2.29. The molecule has 17 heavy (non-hydrogen) atoms. The van der Waals surface area contributed by atoms with Gasteiger partial charge < -0.3 is 15.0 Å². The Balaban J connectivity index is 2.62. The van der Waals surface area contributed by atoms with Crippen LogP contribution in [-0.2, 0) is 9.53 Å². The molecular formula is C13H26N2O2. The van der Waals surface area contributed by atoms with Gasteiger partial charge in [-0.05, 0) is 32.2 Å². The molecule has 100 valence electrons. The molecule has 1 rings (SSSR count). The van der Waals surface area contributed by atoms with Crippen LogP contribution in [-0.4, -0.2) is 49.7 Å². The van der Waals surface area contributed by atoms with Gasteiger partial charge in [0.25, 0.3) is 0 Å². The molecule has 4 heteroatoms. The highest BCUT2D eigenvalue weighted by molar-refractivity contribution is 5.82. The minimum absolute atomic E-state index is 0.0347. The van der Waals surface area contributed by atoms with E-state index in [1.807, 2.05) is 4.90 Å². The van der Waals surface area contributed by atoms with Crippen molar-refractivity contribution in [1.82, 2.24) is 10.2 Å². The van der Waals surface area contributed by atoms with E-state index in [4.69, 9.17) is 4.74 Å². The number of rotatable bonds is 7. The summed E-state index contributed by atoms with van der Waals surface area (Å²) in [6.07, 6.45) is 4.11. The smallest absolute Gasteiger partial charge is 0.240 e. The minimum atomic E-state index is 0.0347. The molecule has 0 saturated carbocycles. The number of hydrogen-bond donors (Lipinski definition) is 1. The molecule has 0 aromatic heterocycles. The second-order valence-corrected chi connectivity index (χ2v) is 4.64. The molecule has 4 nitrogen and oxygen atoms in total. The maximum absolute atomic E-state index is 12.4. The molecule has 1 aliphatic heterocycles. The number of carbonyl (C=O) groups is 1. The van der Waals surface area contributed by atoms with E-state index in [0.29, 0.717) is 19.2 Å². The summed E-state index contributed by atoms with van der Waals surface area (Å²) in [4.78, 5) is 14.4. The van der Waals surface area contributed by atoms with Gasteiger partial charge in [-0.15, -0.1) is 0 Å². The third-order valence-electron chi connectivity index (χ3n) is 3.56. The number of nitrogens with one attached hydrogen (secondary N) is 1. The Bertz CT molecular complexity index is 223. The summed E-state index contributed by atoms with van der Waals surface area (Å²) in [5.74, 6) is 0.258. The van der Waals surface area contributed by atoms with E-state index in [1.54, 1.807) is 7.11 Å². The van der Waals surface area contributed by atoms with Crippen molar-refractivity contribution in [3.63, 3.8) is 0 Å². The van der Waals surface area contributed by atoms with Crippen LogP contribution < -0.4 is 5.32 Å². The van der Waals surface area contributed by atoms with Gasteiger partial charge in [0, 0.05) is 19.7 Å². The fourth-order valence-corrected chi connectivity index (χ4v) is 2.49. The molecule has 0 spiro atoms. The molecule has 0 bridgehead atoms. The van der Waals surface area contributed by atoms with Crippen LogP contribution in [0.3, 0.4) is 0 Å². The van der Waals surface area contributed by atoms with Gasteiger partial charge in [-0.25, -0.2) is 0 Å². The lowest BCUT2D eigenvalue weighted by atomic mass is 10.1. The molecule has 0 radical (unpaired) electrons. The van der Waals surface area contributed by atoms with Gasteiger partial charge in [0.1, 0.15) is 0 Å². The number of carbonyl (C=O) groups excluding carboxylic acids is 1. The first kappa shape index (κ1) is 14.5. The Morgan fingerprint density at radius 1 is 1.47 bits per heavy atom. The van der Waals surface area contributed by atoms with Crippen molar-refractivity contribution in [3.05, 3.63) is 0 Å². The van der Waals surface area contributed by atoms with Crippen LogP contribution in [0.5, 0.6) is 0 Å². The highest BCUT2D eigenvalue weighted by Crippen LogP contribution is 2.14. The first-order valence-corrected chi connectivity index (χ1v) is 6.77. The quantitative estimate of drug-likeness (QED) is 0.734. The summed E-state index contributed by atoms with van der Waals surface area (Å²) in [7, 11) is 1.68. The summed E-state index contributed by atoms with van der Waals surface area (Å²) in [5, 5.41) is 3.28. The summed E-state index contributed by atoms with van der Waals surface area (Å²) >= 11 is 0. The predicted molar refractivity (Wildman–Crippen MR) is 69.0 cm³/mol. The fourth-order valence-electron chi connectivity index (χ4n) is 2.49. The third-order valence-corrected chi connectivity index (χ3v) is 3.56. The van der Waals surface area contributed by atoms with Gasteiger partial charge >= 0.3 is 0 Å². The Morgan fingerprint density at radius 3 is 2.65 bits per heavy atom. The molecule has 0 aromatic rings. The van der Waals surface area contributed by atoms with Crippen molar-refractivity contribution < 1.29 is 9.53 Å². The average molecular weight is 242 g/mol. The summed E-state index contributed by atoms with van der Waals surface area (Å²) in [5.41, 5.74) is 0. The maximum atomic E-state index is 12.4. The van der Waals surface area contributed by atoms with Crippen LogP contribution in [0.15, 0.2) is 0 Å². The van der Waals surface area contributed by atoms with Crippen LogP contribution in [0, 0.1) is 0 Å². The number of amides is 1. The molecule has 1 atom stereocenters. The molecule has 1 N–H and O–H groups in total. The van der Waals surface area contributed by atoms with Gasteiger partial charge in [0.2, 0.25) is 5.91 Å². The lowest BCUT2D eigenvalue weighted by Gasteiger charge is -2.32. The van der Waals surface area contributed by atoms with Crippen molar-refractivity contribution in [3.8, 4) is 0 Å². The van der Waals surface area contributed by atoms with E-state index in [0.717, 1.165) is 32.2 Å². The van der Waals surface area contributed by atoms with Gasteiger partial charge in [-0.2, -0.15) is 0 Å². The molecule has 1 aliphatic rings. The van der Waals surface area contributed by atoms with Crippen molar-refractivity contribution in [2.75, 3.05) is 26.8 Å². The molecule has 1 heterocycles. The van der Waals surface area contributed by atoms with Gasteiger partial charge in [-0.1, -0.05) is 13.8 Å². The largest absolute Gasteiger partial charge is 0.383 e. The Hall–Kier alpha value is -0.610. The monoisotopic (exact) mass is 242 g/mol. The van der Waals surface area contributed by atoms with Crippen molar-refractivity contribution >= 4 is 5.91 Å². The zero-order valence-electron chi connectivity index (χ0n) is 11.4. The Morgan fingerprint density at radius 2 is 2.18 bits per heavy atom. The fraction of sp³-hybridized carbons (Fsp3) is 0.923. The van der Waals surface area contributed by atoms with E-state index in [9.17, 15) is 4.79 Å². The Labute approximate surface area is 105 Å². The molecule has 0 aromatic carbocycles. The van der Waals surface area contributed by atoms with E-state index in [1.165, 1.54) is 0 Å². The summed E-state index contributed by atoms with van der Waals surface area (Å²) in [6, 6.07) is 0.382. The summed E-state index contributed by atoms with van der Waals surface area (Å²) in [6.45, 7) is 6.58. The van der Waals surface area contributed by atoms with Gasteiger partial charge in [0.15, 0.2) is 0 Å². The third kappa shape index (κ3) is 3.96. The normalized spacial score (nSPS) is 19.9. The van der Waals surface area contributed by atoms with E-state index < -0.39 is 0 Å². The molecule has 1 fully saturated rings. The van der Waals surface area contributed by atoms with Crippen LogP contribution in [0.1, 0.15) is 39.5 Å². The lowest BCUT2D eigenvalue weighted by molar-refractivity contribution is -0.136. The van der Waals surface area contributed by atoms with Crippen LogP contribution in [0.2, 0.25) is 0 Å². The van der Waals surface area contributed by atoms with Gasteiger partial charge in [0.05, 0.1) is 12.6 Å². The first-order valence-electron chi connectivity index (χ1n) is 6.77. The molecule has 1 amide bonds. The maximum Gasteiger partial charge on any atom is 0.240 e. The highest BCUT2D eigenvalue weighted by atomic mass is 16.5. The Kier molecular flexibility index (Phi) is 6.52. The van der Waals surface area contributed by atoms with Crippen molar-refractivity contribution in [2.45, 2.75) is 51.6 Å². The second-order valence-electron chi connectivity index (χ2n) is 4.64. The van der Waals surface area contributed by atoms with Crippen molar-refractivity contribution in [1.29, 1.82) is 0 Å². The van der Waals surface area contributed by atoms with Crippen LogP contribution >= 0.6 is 0 Å². The lowest BCUT2D eigenvalue weighted by Crippen LogP contribution is -2.49.